The second kappa shape index (κ2) is 11.5. The van der Waals surface area contributed by atoms with Crippen LogP contribution < -0.4 is 21.7 Å². The van der Waals surface area contributed by atoms with Crippen molar-refractivity contribution >= 4 is 23.7 Å². The van der Waals surface area contributed by atoms with Crippen LogP contribution >= 0.6 is 0 Å². The average Bonchev–Trinajstić information content (AvgIpc) is 2.59. The molecule has 0 aliphatic heterocycles. The number of nitrogens with one attached hydrogen (secondary N) is 3. The monoisotopic (exact) mass is 406 g/mol. The van der Waals surface area contributed by atoms with Gasteiger partial charge in [0.2, 0.25) is 17.7 Å². The third-order valence-electron chi connectivity index (χ3n) is 3.95. The number of hydrogen-bond acceptors (Lipinski definition) is 8. The van der Waals surface area contributed by atoms with Crippen LogP contribution in [0.3, 0.4) is 0 Å². The fraction of sp³-hybridized carbons (Fsp3) is 0.750. The average molecular weight is 406 g/mol. The number of aliphatic hydroxyl groups excluding tert-OH is 3. The SMILES string of the molecule is CC(C)C(N)C(=O)NC(CO)C(=O)NC(C(=O)NC(C(=O)O)C(C)O)C(C)O. The largest absolute Gasteiger partial charge is 0.480 e. The van der Waals surface area contributed by atoms with Gasteiger partial charge in [-0.1, -0.05) is 13.8 Å². The second-order valence-corrected chi connectivity index (χ2v) is 6.81. The summed E-state index contributed by atoms with van der Waals surface area (Å²) >= 11 is 0. The van der Waals surface area contributed by atoms with Gasteiger partial charge in [-0.05, 0) is 19.8 Å². The van der Waals surface area contributed by atoms with Crippen LogP contribution in [0, 0.1) is 5.92 Å². The van der Waals surface area contributed by atoms with Crippen molar-refractivity contribution in [3.05, 3.63) is 0 Å². The van der Waals surface area contributed by atoms with Gasteiger partial charge in [0.25, 0.3) is 0 Å². The molecule has 0 fully saturated rings. The van der Waals surface area contributed by atoms with Gasteiger partial charge >= 0.3 is 5.97 Å². The highest BCUT2D eigenvalue weighted by Gasteiger charge is 2.34. The number of carbonyl (C=O) groups excluding carboxylic acids is 3. The number of amides is 3. The lowest BCUT2D eigenvalue weighted by molar-refractivity contribution is -0.146. The molecule has 28 heavy (non-hydrogen) atoms. The Hall–Kier alpha value is -2.28. The predicted molar refractivity (Wildman–Crippen MR) is 96.7 cm³/mol. The zero-order chi connectivity index (χ0) is 22.2. The number of aliphatic carboxylic acids is 1. The standard InChI is InChI=1S/C16H30N4O8/c1-6(2)10(17)14(25)18-9(5-21)13(24)19-11(7(3)22)15(26)20-12(8(4)23)16(27)28/h6-12,21-23H,5,17H2,1-4H3,(H,18,25)(H,19,24)(H,20,26)(H,27,28). The van der Waals surface area contributed by atoms with Crippen molar-refractivity contribution in [1.29, 1.82) is 0 Å². The molecule has 3 amide bonds. The van der Waals surface area contributed by atoms with Crippen molar-refractivity contribution in [3.63, 3.8) is 0 Å². The first kappa shape index (κ1) is 25.7. The van der Waals surface area contributed by atoms with Crippen molar-refractivity contribution in [2.24, 2.45) is 11.7 Å². The third kappa shape index (κ3) is 7.76. The minimum atomic E-state index is -1.66. The summed E-state index contributed by atoms with van der Waals surface area (Å²) in [6, 6.07) is -5.64. The Balaban J connectivity index is 5.20. The molecule has 0 aromatic rings. The molecule has 0 aliphatic carbocycles. The zero-order valence-electron chi connectivity index (χ0n) is 16.2. The van der Waals surface area contributed by atoms with Crippen LogP contribution in [0.2, 0.25) is 0 Å². The quantitative estimate of drug-likeness (QED) is 0.169. The van der Waals surface area contributed by atoms with Crippen molar-refractivity contribution in [2.45, 2.75) is 64.1 Å². The first-order chi connectivity index (χ1) is 12.8. The normalized spacial score (nSPS) is 17.6. The van der Waals surface area contributed by atoms with Gasteiger partial charge < -0.3 is 42.1 Å². The van der Waals surface area contributed by atoms with Crippen molar-refractivity contribution < 1.29 is 39.6 Å². The van der Waals surface area contributed by atoms with Crippen molar-refractivity contribution in [1.82, 2.24) is 16.0 Å². The smallest absolute Gasteiger partial charge is 0.328 e. The summed E-state index contributed by atoms with van der Waals surface area (Å²) in [6.45, 7) is 4.89. The predicted octanol–water partition coefficient (Wildman–Crippen LogP) is -3.74. The number of carboxylic acid groups (broad SMARTS) is 1. The Labute approximate surface area is 162 Å². The number of rotatable bonds is 11. The molecular weight excluding hydrogens is 376 g/mol. The molecule has 0 saturated heterocycles. The molecule has 0 rings (SSSR count). The summed E-state index contributed by atoms with van der Waals surface area (Å²) in [5, 5.41) is 43.9. The number of carboxylic acids is 1. The van der Waals surface area contributed by atoms with Crippen LogP contribution in [0.1, 0.15) is 27.7 Å². The van der Waals surface area contributed by atoms with E-state index in [0.717, 1.165) is 6.92 Å². The van der Waals surface area contributed by atoms with Gasteiger partial charge in [0.15, 0.2) is 6.04 Å². The van der Waals surface area contributed by atoms with E-state index in [0.29, 0.717) is 0 Å². The topological polar surface area (TPSA) is 211 Å². The summed E-state index contributed by atoms with van der Waals surface area (Å²) in [4.78, 5) is 47.6. The molecule has 12 heteroatoms. The van der Waals surface area contributed by atoms with Crippen LogP contribution in [-0.4, -0.2) is 87.1 Å². The first-order valence-corrected chi connectivity index (χ1v) is 8.69. The lowest BCUT2D eigenvalue weighted by Crippen LogP contribution is -2.61. The molecule has 0 aromatic carbocycles. The molecule has 0 heterocycles. The van der Waals surface area contributed by atoms with E-state index in [2.05, 4.69) is 10.6 Å². The Morgan fingerprint density at radius 1 is 0.821 bits per heavy atom. The summed E-state index contributed by atoms with van der Waals surface area (Å²) in [7, 11) is 0. The highest BCUT2D eigenvalue weighted by molar-refractivity contribution is 5.94. The van der Waals surface area contributed by atoms with E-state index in [9.17, 15) is 34.5 Å². The minimum Gasteiger partial charge on any atom is -0.480 e. The minimum absolute atomic E-state index is 0.230. The molecule has 0 aliphatic rings. The lowest BCUT2D eigenvalue weighted by atomic mass is 10.0. The van der Waals surface area contributed by atoms with Gasteiger partial charge in [-0.3, -0.25) is 14.4 Å². The number of hydrogen-bond donors (Lipinski definition) is 8. The van der Waals surface area contributed by atoms with E-state index in [4.69, 9.17) is 10.8 Å². The fourth-order valence-corrected chi connectivity index (χ4v) is 2.06. The van der Waals surface area contributed by atoms with Crippen LogP contribution in [0.25, 0.3) is 0 Å². The molecule has 6 atom stereocenters. The maximum absolute atomic E-state index is 12.3. The number of carbonyl (C=O) groups is 4. The van der Waals surface area contributed by atoms with Crippen LogP contribution in [0.4, 0.5) is 0 Å². The molecule has 0 bridgehead atoms. The van der Waals surface area contributed by atoms with E-state index in [1.54, 1.807) is 13.8 Å². The molecular formula is C16H30N4O8. The molecule has 9 N–H and O–H groups in total. The molecule has 12 nitrogen and oxygen atoms in total. The Morgan fingerprint density at radius 3 is 1.64 bits per heavy atom. The van der Waals surface area contributed by atoms with Crippen molar-refractivity contribution in [2.75, 3.05) is 6.61 Å². The molecule has 0 radical (unpaired) electrons. The number of aliphatic hydroxyl groups is 3. The van der Waals surface area contributed by atoms with E-state index >= 15 is 0 Å². The van der Waals surface area contributed by atoms with E-state index in [-0.39, 0.29) is 5.92 Å². The second-order valence-electron chi connectivity index (χ2n) is 6.81. The van der Waals surface area contributed by atoms with Gasteiger partial charge in [0.1, 0.15) is 12.1 Å². The van der Waals surface area contributed by atoms with Crippen LogP contribution in [-0.2, 0) is 19.2 Å². The molecule has 0 aromatic heterocycles. The zero-order valence-corrected chi connectivity index (χ0v) is 16.2. The van der Waals surface area contributed by atoms with E-state index in [1.807, 2.05) is 5.32 Å². The lowest BCUT2D eigenvalue weighted by Gasteiger charge is -2.26. The maximum Gasteiger partial charge on any atom is 0.328 e. The van der Waals surface area contributed by atoms with Gasteiger partial charge in [-0.15, -0.1) is 0 Å². The molecule has 0 saturated carbocycles. The highest BCUT2D eigenvalue weighted by Crippen LogP contribution is 2.01. The van der Waals surface area contributed by atoms with Gasteiger partial charge in [0.05, 0.1) is 24.9 Å². The Morgan fingerprint density at radius 2 is 1.29 bits per heavy atom. The van der Waals surface area contributed by atoms with Crippen LogP contribution in [0.5, 0.6) is 0 Å². The summed E-state index contributed by atoms with van der Waals surface area (Å²) in [6.07, 6.45) is -2.88. The van der Waals surface area contributed by atoms with Gasteiger partial charge in [-0.25, -0.2) is 4.79 Å². The molecule has 162 valence electrons. The Bertz CT molecular complexity index is 567. The van der Waals surface area contributed by atoms with Gasteiger partial charge in [0, 0.05) is 0 Å². The van der Waals surface area contributed by atoms with Gasteiger partial charge in [-0.2, -0.15) is 0 Å². The van der Waals surface area contributed by atoms with Crippen molar-refractivity contribution in [3.8, 4) is 0 Å². The first-order valence-electron chi connectivity index (χ1n) is 8.69. The van der Waals surface area contributed by atoms with E-state index in [1.165, 1.54) is 6.92 Å². The number of nitrogens with two attached hydrogens (primary N) is 1. The fourth-order valence-electron chi connectivity index (χ4n) is 2.06. The molecule has 0 spiro atoms. The maximum atomic E-state index is 12.3. The molecule has 6 unspecified atom stereocenters. The van der Waals surface area contributed by atoms with Crippen LogP contribution in [0.15, 0.2) is 0 Å². The Kier molecular flexibility index (Phi) is 10.6. The summed E-state index contributed by atoms with van der Waals surface area (Å²) in [5.41, 5.74) is 5.66. The third-order valence-corrected chi connectivity index (χ3v) is 3.95. The summed E-state index contributed by atoms with van der Waals surface area (Å²) in [5.74, 6) is -4.49. The van der Waals surface area contributed by atoms with E-state index < -0.39 is 66.7 Å². The summed E-state index contributed by atoms with van der Waals surface area (Å²) < 4.78 is 0. The highest BCUT2D eigenvalue weighted by atomic mass is 16.4.